The monoisotopic (exact) mass is 334 g/mol. The molecule has 0 fully saturated rings. The third-order valence-corrected chi connectivity index (χ3v) is 3.21. The van der Waals surface area contributed by atoms with Crippen LogP contribution in [-0.4, -0.2) is 40.0 Å². The van der Waals surface area contributed by atoms with Gasteiger partial charge in [0.25, 0.3) is 11.2 Å². The maximum absolute atomic E-state index is 12.3. The molecule has 0 aliphatic rings. The molecule has 1 aromatic heterocycles. The lowest BCUT2D eigenvalue weighted by Crippen LogP contribution is -2.33. The number of rotatable bonds is 6. The number of nitro benzene ring substituents is 1. The van der Waals surface area contributed by atoms with Gasteiger partial charge < -0.3 is 10.1 Å². The third kappa shape index (κ3) is 3.91. The molecule has 10 heteroatoms. The minimum atomic E-state index is -0.615. The molecule has 0 saturated heterocycles. The zero-order valence-electron chi connectivity index (χ0n) is 12.7. The Kier molecular flexibility index (Phi) is 5.20. The van der Waals surface area contributed by atoms with Crippen molar-refractivity contribution in [2.24, 2.45) is 0 Å². The van der Waals surface area contributed by atoms with Gasteiger partial charge in [-0.1, -0.05) is 0 Å². The highest BCUT2D eigenvalue weighted by molar-refractivity contribution is 5.81. The first-order valence-corrected chi connectivity index (χ1v) is 6.89. The summed E-state index contributed by atoms with van der Waals surface area (Å²) in [6.45, 7) is -0.238. The highest BCUT2D eigenvalue weighted by Gasteiger charge is 2.12. The quantitative estimate of drug-likeness (QED) is 0.446. The van der Waals surface area contributed by atoms with Gasteiger partial charge in [-0.3, -0.25) is 29.1 Å². The summed E-state index contributed by atoms with van der Waals surface area (Å²) in [5.74, 6) is -0.959. The number of non-ortho nitro benzene ring substituents is 1. The molecule has 0 spiro atoms. The van der Waals surface area contributed by atoms with Crippen molar-refractivity contribution in [2.45, 2.75) is 13.0 Å². The second-order valence-electron chi connectivity index (χ2n) is 4.81. The summed E-state index contributed by atoms with van der Waals surface area (Å²) in [6.07, 6.45) is 1.20. The molecule has 0 radical (unpaired) electrons. The van der Waals surface area contributed by atoms with Crippen LogP contribution in [0, 0.1) is 10.1 Å². The van der Waals surface area contributed by atoms with Crippen LogP contribution in [0.1, 0.15) is 6.42 Å². The Hall–Kier alpha value is -3.30. The Morgan fingerprint density at radius 1 is 1.42 bits per heavy atom. The first kappa shape index (κ1) is 17.1. The van der Waals surface area contributed by atoms with Crippen molar-refractivity contribution in [3.63, 3.8) is 0 Å². The number of fused-ring (bicyclic) bond motifs is 1. The van der Waals surface area contributed by atoms with Crippen molar-refractivity contribution in [3.05, 3.63) is 45.0 Å². The normalized spacial score (nSPS) is 10.4. The van der Waals surface area contributed by atoms with Crippen LogP contribution in [0.5, 0.6) is 0 Å². The van der Waals surface area contributed by atoms with Crippen LogP contribution >= 0.6 is 0 Å². The molecule has 1 heterocycles. The van der Waals surface area contributed by atoms with E-state index in [0.717, 1.165) is 10.6 Å². The molecular weight excluding hydrogens is 320 g/mol. The average Bonchev–Trinajstić information content (AvgIpc) is 2.56. The van der Waals surface area contributed by atoms with E-state index in [4.69, 9.17) is 0 Å². The molecule has 126 valence electrons. The predicted molar refractivity (Wildman–Crippen MR) is 82.3 cm³/mol. The lowest BCUT2D eigenvalue weighted by atomic mass is 10.2. The number of carbonyl (C=O) groups excluding carboxylic acids is 2. The number of nitrogens with zero attached hydrogens (tertiary/aromatic N) is 3. The van der Waals surface area contributed by atoms with Gasteiger partial charge in [0.1, 0.15) is 6.54 Å². The first-order valence-electron chi connectivity index (χ1n) is 6.89. The Labute approximate surface area is 135 Å². The smallest absolute Gasteiger partial charge is 0.307 e. The van der Waals surface area contributed by atoms with Gasteiger partial charge in [0.2, 0.25) is 5.91 Å². The molecule has 1 N–H and O–H groups in total. The number of hydrogen-bond acceptors (Lipinski definition) is 7. The van der Waals surface area contributed by atoms with Crippen molar-refractivity contribution in [1.29, 1.82) is 0 Å². The van der Waals surface area contributed by atoms with E-state index in [-0.39, 0.29) is 30.6 Å². The van der Waals surface area contributed by atoms with Crippen molar-refractivity contribution < 1.29 is 19.2 Å². The SMILES string of the molecule is COC(=O)CCNC(=O)Cn1cnc2ccc([N+](=O)[O-])cc2c1=O. The van der Waals surface area contributed by atoms with Gasteiger partial charge in [0.05, 0.1) is 35.7 Å². The minimum absolute atomic E-state index is 0.0132. The molecule has 24 heavy (non-hydrogen) atoms. The van der Waals surface area contributed by atoms with Gasteiger partial charge in [-0.15, -0.1) is 0 Å². The van der Waals surface area contributed by atoms with Crippen molar-refractivity contribution in [3.8, 4) is 0 Å². The second-order valence-corrected chi connectivity index (χ2v) is 4.81. The number of nitrogens with one attached hydrogen (secondary N) is 1. The summed E-state index contributed by atoms with van der Waals surface area (Å²) in [6, 6.07) is 3.74. The number of methoxy groups -OCH3 is 1. The van der Waals surface area contributed by atoms with E-state index in [0.29, 0.717) is 5.52 Å². The van der Waals surface area contributed by atoms with Crippen LogP contribution in [-0.2, 0) is 20.9 Å². The average molecular weight is 334 g/mol. The van der Waals surface area contributed by atoms with E-state index in [9.17, 15) is 24.5 Å². The molecule has 0 atom stereocenters. The largest absolute Gasteiger partial charge is 0.469 e. The molecule has 0 aliphatic heterocycles. The second kappa shape index (κ2) is 7.31. The number of benzene rings is 1. The Morgan fingerprint density at radius 3 is 2.83 bits per heavy atom. The van der Waals surface area contributed by atoms with Crippen molar-refractivity contribution >= 4 is 28.5 Å². The Bertz CT molecular complexity index is 860. The van der Waals surface area contributed by atoms with Gasteiger partial charge in [-0.25, -0.2) is 4.98 Å². The number of esters is 1. The van der Waals surface area contributed by atoms with Crippen LogP contribution in [0.3, 0.4) is 0 Å². The van der Waals surface area contributed by atoms with E-state index >= 15 is 0 Å². The number of carbonyl (C=O) groups is 2. The number of hydrogen-bond donors (Lipinski definition) is 1. The number of aromatic nitrogens is 2. The summed E-state index contributed by atoms with van der Waals surface area (Å²) in [5, 5.41) is 13.3. The first-order chi connectivity index (χ1) is 11.4. The number of ether oxygens (including phenoxy) is 1. The highest BCUT2D eigenvalue weighted by atomic mass is 16.6. The summed E-state index contributed by atoms with van der Waals surface area (Å²) >= 11 is 0. The molecule has 1 aromatic carbocycles. The fourth-order valence-corrected chi connectivity index (χ4v) is 1.99. The molecule has 2 aromatic rings. The van der Waals surface area contributed by atoms with E-state index in [1.807, 2.05) is 0 Å². The molecule has 2 rings (SSSR count). The van der Waals surface area contributed by atoms with E-state index in [2.05, 4.69) is 15.0 Å². The van der Waals surface area contributed by atoms with E-state index in [1.165, 1.54) is 25.6 Å². The number of nitro groups is 1. The van der Waals surface area contributed by atoms with Gasteiger partial charge in [-0.05, 0) is 6.07 Å². The van der Waals surface area contributed by atoms with Crippen LogP contribution in [0.4, 0.5) is 5.69 Å². The van der Waals surface area contributed by atoms with Crippen molar-refractivity contribution in [2.75, 3.05) is 13.7 Å². The zero-order valence-corrected chi connectivity index (χ0v) is 12.7. The molecule has 0 aliphatic carbocycles. The molecule has 10 nitrogen and oxygen atoms in total. The summed E-state index contributed by atoms with van der Waals surface area (Å²) < 4.78 is 5.48. The van der Waals surface area contributed by atoms with Crippen LogP contribution < -0.4 is 10.9 Å². The van der Waals surface area contributed by atoms with Gasteiger partial charge in [-0.2, -0.15) is 0 Å². The predicted octanol–water partition coefficient (Wildman–Crippen LogP) is -0.0160. The van der Waals surface area contributed by atoms with Gasteiger partial charge in [0, 0.05) is 18.7 Å². The lowest BCUT2D eigenvalue weighted by molar-refractivity contribution is -0.384. The zero-order chi connectivity index (χ0) is 17.7. The van der Waals surface area contributed by atoms with E-state index in [1.54, 1.807) is 0 Å². The molecule has 0 saturated carbocycles. The van der Waals surface area contributed by atoms with Crippen LogP contribution in [0.15, 0.2) is 29.3 Å². The van der Waals surface area contributed by atoms with E-state index < -0.39 is 22.4 Å². The Balaban J connectivity index is 2.16. The molecule has 1 amide bonds. The van der Waals surface area contributed by atoms with Gasteiger partial charge in [0.15, 0.2) is 0 Å². The summed E-state index contributed by atoms with van der Waals surface area (Å²) in [7, 11) is 1.24. The summed E-state index contributed by atoms with van der Waals surface area (Å²) in [4.78, 5) is 49.2. The van der Waals surface area contributed by atoms with Crippen LogP contribution in [0.2, 0.25) is 0 Å². The van der Waals surface area contributed by atoms with Crippen molar-refractivity contribution in [1.82, 2.24) is 14.9 Å². The third-order valence-electron chi connectivity index (χ3n) is 3.21. The fourth-order valence-electron chi connectivity index (χ4n) is 1.99. The molecular formula is C14H14N4O6. The summed E-state index contributed by atoms with van der Waals surface area (Å²) in [5.41, 5.74) is -0.499. The maximum Gasteiger partial charge on any atom is 0.307 e. The standard InChI is InChI=1S/C14H14N4O6/c1-24-13(20)4-5-15-12(19)7-17-8-16-11-3-2-9(18(22)23)6-10(11)14(17)21/h2-3,6,8H,4-5,7H2,1H3,(H,15,19). The molecule has 0 unspecified atom stereocenters. The fraction of sp³-hybridized carbons (Fsp3) is 0.286. The minimum Gasteiger partial charge on any atom is -0.469 e. The topological polar surface area (TPSA) is 133 Å². The molecule has 0 bridgehead atoms. The number of amides is 1. The Morgan fingerprint density at radius 2 is 2.17 bits per heavy atom. The van der Waals surface area contributed by atoms with Gasteiger partial charge >= 0.3 is 5.97 Å². The van der Waals surface area contributed by atoms with Crippen LogP contribution in [0.25, 0.3) is 10.9 Å². The highest BCUT2D eigenvalue weighted by Crippen LogP contribution is 2.16. The maximum atomic E-state index is 12.3. The lowest BCUT2D eigenvalue weighted by Gasteiger charge is -2.07.